The van der Waals surface area contributed by atoms with E-state index < -0.39 is 10.8 Å². The number of hydrogen-bond acceptors (Lipinski definition) is 3. The molecular weight excluding hydrogens is 270 g/mol. The molecule has 1 unspecified atom stereocenters. The minimum atomic E-state index is -1.10. The Hall–Kier alpha value is -1.62. The molecule has 0 amide bonds. The van der Waals surface area contributed by atoms with Crippen LogP contribution in [0.15, 0.2) is 29.2 Å². The van der Waals surface area contributed by atoms with Crippen molar-refractivity contribution in [1.82, 2.24) is 9.78 Å². The maximum Gasteiger partial charge on any atom is 0.0702 e. The predicted molar refractivity (Wildman–Crippen MR) is 83.0 cm³/mol. The largest absolute Gasteiger partial charge is 0.398 e. The van der Waals surface area contributed by atoms with Gasteiger partial charge in [0.25, 0.3) is 0 Å². The molecule has 0 radical (unpaired) electrons. The zero-order valence-corrected chi connectivity index (χ0v) is 13.0. The zero-order chi connectivity index (χ0) is 14.7. The number of anilines is 1. The van der Waals surface area contributed by atoms with Gasteiger partial charge >= 0.3 is 0 Å². The van der Waals surface area contributed by atoms with Gasteiger partial charge in [-0.25, -0.2) is 0 Å². The van der Waals surface area contributed by atoms with Gasteiger partial charge in [0.2, 0.25) is 0 Å². The summed E-state index contributed by atoms with van der Waals surface area (Å²) in [4.78, 5) is 0.812. The highest BCUT2D eigenvalue weighted by Crippen LogP contribution is 2.21. The molecule has 1 aromatic carbocycles. The zero-order valence-electron chi connectivity index (χ0n) is 12.2. The van der Waals surface area contributed by atoms with E-state index in [2.05, 4.69) is 12.0 Å². The smallest absolute Gasteiger partial charge is 0.0702 e. The fourth-order valence-electron chi connectivity index (χ4n) is 2.17. The molecule has 4 nitrogen and oxygen atoms in total. The van der Waals surface area contributed by atoms with E-state index in [1.165, 1.54) is 0 Å². The van der Waals surface area contributed by atoms with Gasteiger partial charge in [0, 0.05) is 17.1 Å². The molecule has 5 heteroatoms. The van der Waals surface area contributed by atoms with Crippen LogP contribution >= 0.6 is 0 Å². The third kappa shape index (κ3) is 2.93. The minimum absolute atomic E-state index is 0.477. The summed E-state index contributed by atoms with van der Waals surface area (Å²) in [5.74, 6) is 0.477. The molecule has 0 aliphatic carbocycles. The van der Waals surface area contributed by atoms with Crippen LogP contribution in [-0.4, -0.2) is 14.0 Å². The molecule has 0 aliphatic rings. The lowest BCUT2D eigenvalue weighted by Gasteiger charge is -2.09. The van der Waals surface area contributed by atoms with Crippen LogP contribution in [0.4, 0.5) is 5.69 Å². The summed E-state index contributed by atoms with van der Waals surface area (Å²) in [5, 5.41) is 4.49. The molecule has 1 aromatic heterocycles. The number of hydrogen-bond donors (Lipinski definition) is 1. The van der Waals surface area contributed by atoms with E-state index in [-0.39, 0.29) is 0 Å². The lowest BCUT2D eigenvalue weighted by atomic mass is 10.2. The third-order valence-electron chi connectivity index (χ3n) is 3.43. The summed E-state index contributed by atoms with van der Waals surface area (Å²) in [6.45, 7) is 6.83. The van der Waals surface area contributed by atoms with E-state index in [0.29, 0.717) is 11.4 Å². The topological polar surface area (TPSA) is 60.9 Å². The molecule has 1 atom stereocenters. The van der Waals surface area contributed by atoms with Gasteiger partial charge in [-0.2, -0.15) is 5.10 Å². The van der Waals surface area contributed by atoms with Gasteiger partial charge in [0.15, 0.2) is 0 Å². The normalized spacial score (nSPS) is 12.6. The Kier molecular flexibility index (Phi) is 4.60. The highest BCUT2D eigenvalue weighted by atomic mass is 32.2. The summed E-state index contributed by atoms with van der Waals surface area (Å²) in [6, 6.07) is 7.61. The first-order valence-corrected chi connectivity index (χ1v) is 8.17. The van der Waals surface area contributed by atoms with Crippen molar-refractivity contribution in [2.75, 3.05) is 5.73 Å². The molecule has 1 heterocycles. The predicted octanol–water partition coefficient (Wildman–Crippen LogP) is 2.66. The van der Waals surface area contributed by atoms with Gasteiger partial charge in [-0.05, 0) is 44.0 Å². The Labute approximate surface area is 122 Å². The first kappa shape index (κ1) is 14.8. The molecule has 108 valence electrons. The summed E-state index contributed by atoms with van der Waals surface area (Å²) in [7, 11) is -1.10. The highest BCUT2D eigenvalue weighted by molar-refractivity contribution is 7.84. The molecule has 0 saturated heterocycles. The van der Waals surface area contributed by atoms with Crippen molar-refractivity contribution in [3.8, 4) is 0 Å². The van der Waals surface area contributed by atoms with Crippen LogP contribution in [0.2, 0.25) is 0 Å². The van der Waals surface area contributed by atoms with Crippen molar-refractivity contribution >= 4 is 16.5 Å². The minimum Gasteiger partial charge on any atom is -0.398 e. The van der Waals surface area contributed by atoms with E-state index in [1.54, 1.807) is 0 Å². The van der Waals surface area contributed by atoms with Gasteiger partial charge < -0.3 is 5.73 Å². The maximum absolute atomic E-state index is 12.6. The van der Waals surface area contributed by atoms with E-state index in [9.17, 15) is 4.21 Å². The van der Waals surface area contributed by atoms with Crippen LogP contribution in [0, 0.1) is 6.92 Å². The molecule has 2 rings (SSSR count). The number of benzene rings is 1. The monoisotopic (exact) mass is 291 g/mol. The van der Waals surface area contributed by atoms with Gasteiger partial charge in [-0.3, -0.25) is 8.89 Å². The fraction of sp³-hybridized carbons (Fsp3) is 0.400. The quantitative estimate of drug-likeness (QED) is 0.862. The van der Waals surface area contributed by atoms with E-state index in [4.69, 9.17) is 5.73 Å². The van der Waals surface area contributed by atoms with Gasteiger partial charge in [0.1, 0.15) is 0 Å². The van der Waals surface area contributed by atoms with Crippen LogP contribution in [0.1, 0.15) is 30.8 Å². The number of nitrogen functional groups attached to an aromatic ring is 1. The summed E-state index contributed by atoms with van der Waals surface area (Å²) >= 11 is 0. The maximum atomic E-state index is 12.6. The molecule has 20 heavy (non-hydrogen) atoms. The van der Waals surface area contributed by atoms with Crippen molar-refractivity contribution in [2.45, 2.75) is 44.4 Å². The Bertz CT molecular complexity index is 634. The number of nitrogens with two attached hydrogens (primary N) is 1. The fourth-order valence-corrected chi connectivity index (χ4v) is 3.51. The molecule has 0 spiro atoms. The molecule has 0 bridgehead atoms. The molecule has 0 saturated carbocycles. The molecule has 0 aliphatic heterocycles. The second-order valence-corrected chi connectivity index (χ2v) is 6.18. The van der Waals surface area contributed by atoms with Crippen molar-refractivity contribution in [1.29, 1.82) is 0 Å². The molecule has 2 N–H and O–H groups in total. The van der Waals surface area contributed by atoms with Crippen LogP contribution in [0.3, 0.4) is 0 Å². The number of nitrogens with zero attached hydrogens (tertiary/aromatic N) is 2. The average molecular weight is 291 g/mol. The van der Waals surface area contributed by atoms with E-state index in [0.717, 1.165) is 34.8 Å². The molecule has 0 fully saturated rings. The first-order valence-electron chi connectivity index (χ1n) is 6.85. The lowest BCUT2D eigenvalue weighted by Crippen LogP contribution is -2.07. The van der Waals surface area contributed by atoms with Crippen LogP contribution in [0.5, 0.6) is 0 Å². The van der Waals surface area contributed by atoms with Crippen molar-refractivity contribution < 1.29 is 4.21 Å². The van der Waals surface area contributed by atoms with E-state index in [1.807, 2.05) is 42.8 Å². The van der Waals surface area contributed by atoms with E-state index >= 15 is 0 Å². The van der Waals surface area contributed by atoms with Crippen LogP contribution < -0.4 is 5.73 Å². The Morgan fingerprint density at radius 2 is 2.10 bits per heavy atom. The lowest BCUT2D eigenvalue weighted by molar-refractivity contribution is 0.623. The highest BCUT2D eigenvalue weighted by Gasteiger charge is 2.13. The standard InChI is InChI=1S/C15H21N3OS/c1-4-12-9-13(18(5-2)17-12)10-20(19)15-8-6-7-14(16)11(15)3/h6-9H,4-5,10,16H2,1-3H3. The second kappa shape index (κ2) is 6.22. The molecule has 2 aromatic rings. The first-order chi connectivity index (χ1) is 9.56. The summed E-state index contributed by atoms with van der Waals surface area (Å²) in [6.07, 6.45) is 0.893. The summed E-state index contributed by atoms with van der Waals surface area (Å²) < 4.78 is 14.5. The number of aryl methyl sites for hydroxylation is 2. The summed E-state index contributed by atoms with van der Waals surface area (Å²) in [5.41, 5.74) is 9.54. The van der Waals surface area contributed by atoms with Crippen LogP contribution in [-0.2, 0) is 29.5 Å². The Balaban J connectivity index is 2.27. The Morgan fingerprint density at radius 1 is 1.35 bits per heavy atom. The van der Waals surface area contributed by atoms with Gasteiger partial charge in [-0.1, -0.05) is 13.0 Å². The second-order valence-electron chi connectivity index (χ2n) is 4.76. The van der Waals surface area contributed by atoms with Crippen molar-refractivity contribution in [3.63, 3.8) is 0 Å². The Morgan fingerprint density at radius 3 is 2.75 bits per heavy atom. The van der Waals surface area contributed by atoms with Crippen molar-refractivity contribution in [2.24, 2.45) is 0 Å². The van der Waals surface area contributed by atoms with Crippen molar-refractivity contribution in [3.05, 3.63) is 41.2 Å². The molecular formula is C15H21N3OS. The number of rotatable bonds is 5. The number of aromatic nitrogens is 2. The van der Waals surface area contributed by atoms with Gasteiger partial charge in [0.05, 0.1) is 27.9 Å². The van der Waals surface area contributed by atoms with Gasteiger partial charge in [-0.15, -0.1) is 0 Å². The average Bonchev–Trinajstić information content (AvgIpc) is 2.84. The third-order valence-corrected chi connectivity index (χ3v) is 4.92. The SMILES string of the molecule is CCc1cc(CS(=O)c2cccc(N)c2C)n(CC)n1. The van der Waals surface area contributed by atoms with Crippen LogP contribution in [0.25, 0.3) is 0 Å².